The molecule has 2 aromatic heterocycles. The Labute approximate surface area is 208 Å². The van der Waals surface area contributed by atoms with E-state index in [0.29, 0.717) is 6.42 Å². The molecule has 1 N–H and O–H groups in total. The zero-order valence-corrected chi connectivity index (χ0v) is 20.4. The van der Waals surface area contributed by atoms with Crippen LogP contribution in [0.25, 0.3) is 11.8 Å². The number of hydrogen-bond donors (Lipinski definition) is 1. The molecule has 188 valence electrons. The summed E-state index contributed by atoms with van der Waals surface area (Å²) in [6, 6.07) is 10.8. The van der Waals surface area contributed by atoms with Gasteiger partial charge in [0, 0.05) is 30.1 Å². The van der Waals surface area contributed by atoms with Crippen LogP contribution in [0.4, 0.5) is 8.78 Å². The van der Waals surface area contributed by atoms with Crippen LogP contribution in [0.15, 0.2) is 78.4 Å². The first-order valence-electron chi connectivity index (χ1n) is 11.8. The molecule has 2 heterocycles. The summed E-state index contributed by atoms with van der Waals surface area (Å²) in [5.74, 6) is -1.96. The van der Waals surface area contributed by atoms with E-state index >= 15 is 0 Å². The van der Waals surface area contributed by atoms with Gasteiger partial charge in [0.25, 0.3) is 0 Å². The lowest BCUT2D eigenvalue weighted by atomic mass is 9.80. The highest BCUT2D eigenvalue weighted by molar-refractivity contribution is 5.51. The van der Waals surface area contributed by atoms with Gasteiger partial charge in [-0.25, -0.2) is 23.2 Å². The Hall–Kier alpha value is -3.85. The van der Waals surface area contributed by atoms with Crippen molar-refractivity contribution in [3.63, 3.8) is 0 Å². The fourth-order valence-electron chi connectivity index (χ4n) is 4.24. The summed E-state index contributed by atoms with van der Waals surface area (Å²) >= 11 is 0. The van der Waals surface area contributed by atoms with E-state index in [9.17, 15) is 18.7 Å². The molecular weight excluding hydrogens is 464 g/mol. The molecule has 0 amide bonds. The number of rotatable bonds is 9. The molecule has 0 aliphatic rings. The largest absolute Gasteiger partial charge is 0.383 e. The van der Waals surface area contributed by atoms with Gasteiger partial charge in [-0.15, -0.1) is 0 Å². The van der Waals surface area contributed by atoms with Crippen molar-refractivity contribution < 1.29 is 13.9 Å². The third kappa shape index (κ3) is 5.21. The van der Waals surface area contributed by atoms with Gasteiger partial charge < -0.3 is 5.11 Å². The second kappa shape index (κ2) is 10.4. The van der Waals surface area contributed by atoms with Gasteiger partial charge in [0.1, 0.15) is 29.9 Å². The summed E-state index contributed by atoms with van der Waals surface area (Å²) in [6.07, 6.45) is 10.5. The zero-order valence-electron chi connectivity index (χ0n) is 20.4. The Kier molecular flexibility index (Phi) is 7.30. The molecule has 0 aliphatic carbocycles. The monoisotopic (exact) mass is 493 g/mol. The molecule has 2 aromatic carbocycles. The van der Waals surface area contributed by atoms with E-state index < -0.39 is 23.2 Å². The van der Waals surface area contributed by atoms with Crippen LogP contribution < -0.4 is 5.69 Å². The van der Waals surface area contributed by atoms with Crippen molar-refractivity contribution in [2.24, 2.45) is 5.92 Å². The van der Waals surface area contributed by atoms with E-state index in [-0.39, 0.29) is 23.8 Å². The molecule has 0 bridgehead atoms. The second-order valence-electron chi connectivity index (χ2n) is 9.22. The van der Waals surface area contributed by atoms with Gasteiger partial charge >= 0.3 is 5.69 Å². The van der Waals surface area contributed by atoms with Crippen molar-refractivity contribution in [1.82, 2.24) is 23.9 Å². The Morgan fingerprint density at radius 3 is 2.44 bits per heavy atom. The molecule has 9 heteroatoms. The molecule has 0 unspecified atom stereocenters. The molecule has 0 saturated carbocycles. The Morgan fingerprint density at radius 2 is 1.83 bits per heavy atom. The van der Waals surface area contributed by atoms with E-state index in [0.717, 1.165) is 23.4 Å². The third-order valence-electron chi connectivity index (χ3n) is 6.41. The SMILES string of the molecule is CC(C)n1ccn(-c2ccc(/C=C/C[C@H](C)[C@](O)(Cn3cncn3)c3ccc(F)cc3F)cc2)c1=O. The van der Waals surface area contributed by atoms with Gasteiger partial charge in [-0.2, -0.15) is 5.10 Å². The first-order valence-corrected chi connectivity index (χ1v) is 11.8. The first-order chi connectivity index (χ1) is 17.2. The Bertz CT molecular complexity index is 1390. The van der Waals surface area contributed by atoms with Crippen molar-refractivity contribution in [3.8, 4) is 5.69 Å². The normalized spacial score (nSPS) is 14.4. The number of imidazole rings is 1. The smallest absolute Gasteiger partial charge is 0.332 e. The number of allylic oxidation sites excluding steroid dienone is 1. The van der Waals surface area contributed by atoms with Crippen LogP contribution in [0.5, 0.6) is 0 Å². The van der Waals surface area contributed by atoms with E-state index in [1.165, 1.54) is 23.4 Å². The van der Waals surface area contributed by atoms with Crippen LogP contribution in [0.2, 0.25) is 0 Å². The molecule has 0 aliphatic heterocycles. The molecule has 0 radical (unpaired) electrons. The Balaban J connectivity index is 1.51. The quantitative estimate of drug-likeness (QED) is 0.366. The van der Waals surface area contributed by atoms with Gasteiger partial charge in [-0.3, -0.25) is 9.13 Å². The summed E-state index contributed by atoms with van der Waals surface area (Å²) in [4.78, 5) is 16.4. The maximum absolute atomic E-state index is 14.7. The molecule has 36 heavy (non-hydrogen) atoms. The number of halogens is 2. The van der Waals surface area contributed by atoms with Gasteiger partial charge in [0.15, 0.2) is 0 Å². The summed E-state index contributed by atoms with van der Waals surface area (Å²) in [5, 5.41) is 15.6. The second-order valence-corrected chi connectivity index (χ2v) is 9.22. The van der Waals surface area contributed by atoms with Gasteiger partial charge in [0.05, 0.1) is 12.2 Å². The number of nitrogens with zero attached hydrogens (tertiary/aromatic N) is 5. The molecule has 7 nitrogen and oxygen atoms in total. The highest BCUT2D eigenvalue weighted by Gasteiger charge is 2.38. The van der Waals surface area contributed by atoms with Crippen molar-refractivity contribution >= 4 is 6.08 Å². The lowest BCUT2D eigenvalue weighted by Gasteiger charge is -2.34. The lowest BCUT2D eigenvalue weighted by Crippen LogP contribution is -2.39. The maximum atomic E-state index is 14.7. The summed E-state index contributed by atoms with van der Waals surface area (Å²) in [7, 11) is 0. The van der Waals surface area contributed by atoms with Gasteiger partial charge in [0.2, 0.25) is 0 Å². The van der Waals surface area contributed by atoms with E-state index in [4.69, 9.17) is 0 Å². The van der Waals surface area contributed by atoms with Gasteiger partial charge in [-0.05, 0) is 49.9 Å². The first kappa shape index (κ1) is 25.2. The summed E-state index contributed by atoms with van der Waals surface area (Å²) in [5.41, 5.74) is -0.0658. The van der Waals surface area contributed by atoms with Crippen LogP contribution >= 0.6 is 0 Å². The fraction of sp³-hybridized carbons (Fsp3) is 0.296. The molecule has 4 rings (SSSR count). The fourth-order valence-corrected chi connectivity index (χ4v) is 4.24. The highest BCUT2D eigenvalue weighted by Crippen LogP contribution is 2.35. The third-order valence-corrected chi connectivity index (χ3v) is 6.41. The minimum atomic E-state index is -1.65. The van der Waals surface area contributed by atoms with Crippen LogP contribution in [-0.4, -0.2) is 29.0 Å². The maximum Gasteiger partial charge on any atom is 0.332 e. The van der Waals surface area contributed by atoms with Gasteiger partial charge in [-0.1, -0.05) is 37.3 Å². The van der Waals surface area contributed by atoms with Crippen LogP contribution in [0.3, 0.4) is 0 Å². The van der Waals surface area contributed by atoms with E-state index in [2.05, 4.69) is 10.1 Å². The standard InChI is InChI=1S/C27H29F2N5O2/c1-19(2)33-13-14-34(26(33)35)23-10-7-21(8-11-23)6-4-5-20(3)27(36,16-32-18-30-17-31-32)24-12-9-22(28)15-25(24)29/h4,6-15,17-20,36H,5,16H2,1-3H3/b6-4+/t20-,27+/m0/s1. The number of aliphatic hydroxyl groups is 1. The van der Waals surface area contributed by atoms with Crippen molar-refractivity contribution in [3.05, 3.63) is 107 Å². The predicted octanol–water partition coefficient (Wildman–Crippen LogP) is 4.72. The van der Waals surface area contributed by atoms with E-state index in [1.54, 1.807) is 28.5 Å². The molecule has 0 saturated heterocycles. The van der Waals surface area contributed by atoms with Crippen LogP contribution in [-0.2, 0) is 12.1 Å². The lowest BCUT2D eigenvalue weighted by molar-refractivity contribution is -0.0379. The Morgan fingerprint density at radius 1 is 1.08 bits per heavy atom. The molecule has 4 aromatic rings. The topological polar surface area (TPSA) is 77.9 Å². The average molecular weight is 494 g/mol. The van der Waals surface area contributed by atoms with Crippen molar-refractivity contribution in [1.29, 1.82) is 0 Å². The average Bonchev–Trinajstić information content (AvgIpc) is 3.48. The number of hydrogen-bond acceptors (Lipinski definition) is 4. The van der Waals surface area contributed by atoms with Crippen molar-refractivity contribution in [2.45, 2.75) is 45.4 Å². The van der Waals surface area contributed by atoms with Crippen molar-refractivity contribution in [2.75, 3.05) is 0 Å². The number of aromatic nitrogens is 5. The molecule has 0 fully saturated rings. The van der Waals surface area contributed by atoms with Crippen LogP contribution in [0.1, 0.15) is 44.4 Å². The highest BCUT2D eigenvalue weighted by atomic mass is 19.1. The summed E-state index contributed by atoms with van der Waals surface area (Å²) < 4.78 is 32.9. The summed E-state index contributed by atoms with van der Waals surface area (Å²) in [6.45, 7) is 5.68. The molecular formula is C27H29F2N5O2. The number of benzene rings is 2. The van der Waals surface area contributed by atoms with Crippen LogP contribution in [0, 0.1) is 17.6 Å². The minimum absolute atomic E-state index is 0.00318. The minimum Gasteiger partial charge on any atom is -0.383 e. The molecule has 2 atom stereocenters. The zero-order chi connectivity index (χ0) is 25.9. The molecule has 0 spiro atoms. The van der Waals surface area contributed by atoms with E-state index in [1.807, 2.05) is 50.3 Å². The predicted molar refractivity (Wildman–Crippen MR) is 134 cm³/mol.